The summed E-state index contributed by atoms with van der Waals surface area (Å²) in [6.07, 6.45) is 2.59. The van der Waals surface area contributed by atoms with Gasteiger partial charge >= 0.3 is 0 Å². The zero-order chi connectivity index (χ0) is 24.6. The number of carbonyl (C=O) groups is 2. The Balaban J connectivity index is 1.12. The van der Waals surface area contributed by atoms with Crippen LogP contribution < -0.4 is 19.7 Å². The van der Waals surface area contributed by atoms with Gasteiger partial charge in [0.1, 0.15) is 0 Å². The van der Waals surface area contributed by atoms with Gasteiger partial charge in [0, 0.05) is 47.3 Å². The van der Waals surface area contributed by atoms with E-state index in [1.165, 1.54) is 11.3 Å². The van der Waals surface area contributed by atoms with Crippen molar-refractivity contribution in [3.05, 3.63) is 63.6 Å². The van der Waals surface area contributed by atoms with Crippen molar-refractivity contribution in [1.29, 1.82) is 0 Å². The number of carbonyl (C=O) groups excluding carboxylic acids is 2. The van der Waals surface area contributed by atoms with Crippen molar-refractivity contribution < 1.29 is 19.1 Å². The first kappa shape index (κ1) is 23.1. The van der Waals surface area contributed by atoms with E-state index in [-0.39, 0.29) is 24.5 Å². The average Bonchev–Trinajstić information content (AvgIpc) is 3.54. The lowest BCUT2D eigenvalue weighted by Crippen LogP contribution is -2.50. The summed E-state index contributed by atoms with van der Waals surface area (Å²) in [5.41, 5.74) is 2.41. The smallest absolute Gasteiger partial charge is 0.257 e. The number of aromatic nitrogens is 1. The highest BCUT2D eigenvalue weighted by Gasteiger charge is 2.34. The van der Waals surface area contributed by atoms with Crippen LogP contribution in [0.5, 0.6) is 11.5 Å². The van der Waals surface area contributed by atoms with Gasteiger partial charge in [-0.1, -0.05) is 11.6 Å². The first-order chi connectivity index (χ1) is 17.5. The zero-order valence-electron chi connectivity index (χ0n) is 19.5. The van der Waals surface area contributed by atoms with Gasteiger partial charge in [-0.25, -0.2) is 4.98 Å². The van der Waals surface area contributed by atoms with Crippen LogP contribution in [0.4, 0.5) is 10.8 Å². The number of aryl methyl sites for hydroxylation is 1. The van der Waals surface area contributed by atoms with E-state index in [0.29, 0.717) is 35.3 Å². The summed E-state index contributed by atoms with van der Waals surface area (Å²) in [7, 11) is 0. The Morgan fingerprint density at radius 3 is 2.61 bits per heavy atom. The molecule has 1 atom stereocenters. The van der Waals surface area contributed by atoms with E-state index in [4.69, 9.17) is 26.1 Å². The van der Waals surface area contributed by atoms with E-state index in [1.807, 2.05) is 29.2 Å². The summed E-state index contributed by atoms with van der Waals surface area (Å²) >= 11 is 7.48. The number of anilines is 2. The van der Waals surface area contributed by atoms with Crippen molar-refractivity contribution >= 4 is 45.6 Å². The molecule has 1 aliphatic carbocycles. The van der Waals surface area contributed by atoms with Crippen molar-refractivity contribution in [2.45, 2.75) is 25.2 Å². The Bertz CT molecular complexity index is 1300. The molecule has 0 spiro atoms. The Hall–Kier alpha value is -3.30. The van der Waals surface area contributed by atoms with Crippen LogP contribution in [-0.2, 0) is 11.2 Å². The van der Waals surface area contributed by atoms with E-state index in [1.54, 1.807) is 18.2 Å². The number of amides is 2. The lowest BCUT2D eigenvalue weighted by atomic mass is 9.89. The molecule has 1 saturated heterocycles. The maximum Gasteiger partial charge on any atom is 0.257 e. The Morgan fingerprint density at radius 2 is 1.81 bits per heavy atom. The molecule has 0 bridgehead atoms. The topological polar surface area (TPSA) is 84.0 Å². The molecule has 1 fully saturated rings. The molecule has 3 aliphatic rings. The van der Waals surface area contributed by atoms with Gasteiger partial charge in [0.25, 0.3) is 5.91 Å². The van der Waals surface area contributed by atoms with Gasteiger partial charge in [-0.2, -0.15) is 0 Å². The number of nitrogens with one attached hydrogen (secondary N) is 1. The molecule has 2 aromatic carbocycles. The normalized spacial score (nSPS) is 18.6. The van der Waals surface area contributed by atoms with Crippen LogP contribution in [0.1, 0.15) is 39.7 Å². The fraction of sp³-hybridized carbons (Fsp3) is 0.346. The highest BCUT2D eigenvalue weighted by Crippen LogP contribution is 2.38. The summed E-state index contributed by atoms with van der Waals surface area (Å²) in [4.78, 5) is 36.4. The van der Waals surface area contributed by atoms with Crippen molar-refractivity contribution in [2.75, 3.05) is 43.2 Å². The van der Waals surface area contributed by atoms with Crippen LogP contribution in [-0.4, -0.2) is 54.7 Å². The van der Waals surface area contributed by atoms with Gasteiger partial charge in [-0.05, 0) is 61.7 Å². The third kappa shape index (κ3) is 4.49. The fourth-order valence-corrected chi connectivity index (χ4v) is 6.16. The first-order valence-corrected chi connectivity index (χ1v) is 13.2. The second-order valence-electron chi connectivity index (χ2n) is 9.08. The van der Waals surface area contributed by atoms with Crippen LogP contribution in [0.25, 0.3) is 0 Å². The SMILES string of the molecule is O=C(Nc1nc2c(s1)CCCC2C(=O)N1CCN(c2ccc(Cl)cc2)CC1)c1ccc2c(c1)OCO2. The average molecular weight is 525 g/mol. The van der Waals surface area contributed by atoms with Crippen LogP contribution in [0, 0.1) is 0 Å². The number of hydrogen-bond acceptors (Lipinski definition) is 7. The maximum atomic E-state index is 13.5. The minimum atomic E-state index is -0.263. The van der Waals surface area contributed by atoms with E-state index >= 15 is 0 Å². The highest BCUT2D eigenvalue weighted by atomic mass is 35.5. The van der Waals surface area contributed by atoms with Gasteiger partial charge in [0.05, 0.1) is 11.6 Å². The summed E-state index contributed by atoms with van der Waals surface area (Å²) in [6, 6.07) is 12.9. The van der Waals surface area contributed by atoms with Gasteiger partial charge < -0.3 is 19.3 Å². The second kappa shape index (κ2) is 9.63. The molecule has 1 unspecified atom stereocenters. The predicted octanol–water partition coefficient (Wildman–Crippen LogP) is 4.55. The highest BCUT2D eigenvalue weighted by molar-refractivity contribution is 7.16. The molecule has 2 amide bonds. The number of benzene rings is 2. The summed E-state index contributed by atoms with van der Waals surface area (Å²) in [6.45, 7) is 3.06. The van der Waals surface area contributed by atoms with Gasteiger partial charge in [0.2, 0.25) is 12.7 Å². The molecule has 3 heterocycles. The molecule has 2 aliphatic heterocycles. The van der Waals surface area contributed by atoms with Gasteiger partial charge in [-0.15, -0.1) is 11.3 Å². The lowest BCUT2D eigenvalue weighted by Gasteiger charge is -2.38. The predicted molar refractivity (Wildman–Crippen MR) is 139 cm³/mol. The zero-order valence-corrected chi connectivity index (χ0v) is 21.1. The Kier molecular flexibility index (Phi) is 6.18. The first-order valence-electron chi connectivity index (χ1n) is 12.0. The molecule has 36 heavy (non-hydrogen) atoms. The number of rotatable bonds is 4. The minimum Gasteiger partial charge on any atom is -0.454 e. The lowest BCUT2D eigenvalue weighted by molar-refractivity contribution is -0.133. The molecule has 1 aromatic heterocycles. The second-order valence-corrected chi connectivity index (χ2v) is 10.6. The monoisotopic (exact) mass is 524 g/mol. The number of fused-ring (bicyclic) bond motifs is 2. The summed E-state index contributed by atoms with van der Waals surface area (Å²) in [5.74, 6) is 0.795. The van der Waals surface area contributed by atoms with Crippen LogP contribution >= 0.6 is 22.9 Å². The summed E-state index contributed by atoms with van der Waals surface area (Å²) < 4.78 is 10.7. The molecule has 1 N–H and O–H groups in total. The van der Waals surface area contributed by atoms with E-state index in [2.05, 4.69) is 10.2 Å². The number of thiazole rings is 1. The Labute approximate surface area is 217 Å². The molecule has 6 rings (SSSR count). The van der Waals surface area contributed by atoms with E-state index in [9.17, 15) is 9.59 Å². The number of halogens is 1. The van der Waals surface area contributed by atoms with Crippen LogP contribution in [0.15, 0.2) is 42.5 Å². The van der Waals surface area contributed by atoms with Crippen LogP contribution in [0.3, 0.4) is 0 Å². The molecule has 0 radical (unpaired) electrons. The van der Waals surface area contributed by atoms with Crippen LogP contribution in [0.2, 0.25) is 5.02 Å². The fourth-order valence-electron chi connectivity index (χ4n) is 4.98. The standard InChI is InChI=1S/C26H25ClN4O4S/c27-17-5-7-18(8-6-17)30-10-12-31(13-11-30)25(33)19-2-1-3-22-23(19)28-26(36-22)29-24(32)16-4-9-20-21(14-16)35-15-34-20/h4-9,14,19H,1-3,10-13,15H2,(H,28,29,32). The number of nitrogens with zero attached hydrogens (tertiary/aromatic N) is 3. The van der Waals surface area contributed by atoms with Gasteiger partial charge in [0.15, 0.2) is 16.6 Å². The largest absolute Gasteiger partial charge is 0.454 e. The van der Waals surface area contributed by atoms with Crippen molar-refractivity contribution in [2.24, 2.45) is 0 Å². The minimum absolute atomic E-state index is 0.130. The van der Waals surface area contributed by atoms with Crippen molar-refractivity contribution in [3.63, 3.8) is 0 Å². The number of piperazine rings is 1. The molecule has 10 heteroatoms. The van der Waals surface area contributed by atoms with E-state index in [0.717, 1.165) is 53.6 Å². The quantitative estimate of drug-likeness (QED) is 0.539. The molecule has 0 saturated carbocycles. The molecule has 8 nitrogen and oxygen atoms in total. The number of ether oxygens (including phenoxy) is 2. The van der Waals surface area contributed by atoms with Crippen molar-refractivity contribution in [3.8, 4) is 11.5 Å². The summed E-state index contributed by atoms with van der Waals surface area (Å²) in [5, 5.41) is 4.15. The molecular weight excluding hydrogens is 500 g/mol. The van der Waals surface area contributed by atoms with E-state index < -0.39 is 0 Å². The Morgan fingerprint density at radius 1 is 1.03 bits per heavy atom. The number of hydrogen-bond donors (Lipinski definition) is 1. The third-order valence-corrected chi connectivity index (χ3v) is 8.19. The van der Waals surface area contributed by atoms with Crippen molar-refractivity contribution in [1.82, 2.24) is 9.88 Å². The third-order valence-electron chi connectivity index (χ3n) is 6.89. The molecule has 186 valence electrons. The maximum absolute atomic E-state index is 13.5. The van der Waals surface area contributed by atoms with Gasteiger partial charge in [-0.3, -0.25) is 14.9 Å². The molecule has 3 aromatic rings. The molecular formula is C26H25ClN4O4S.